The van der Waals surface area contributed by atoms with Gasteiger partial charge in [-0.1, -0.05) is 11.6 Å². The van der Waals surface area contributed by atoms with E-state index in [-0.39, 0.29) is 22.4 Å². The summed E-state index contributed by atoms with van der Waals surface area (Å²) in [6.07, 6.45) is 0. The number of nitrogens with zero attached hydrogens (tertiary/aromatic N) is 2. The summed E-state index contributed by atoms with van der Waals surface area (Å²) < 4.78 is 28.8. The Hall–Kier alpha value is -2.78. The molecular formula is C18H13ClF2N4O2S. The SMILES string of the molecule is CC(c1n[nH]c(=O)c2cc(F)c(F)cc12)N(C)C(=O)c1cc2sc(Cl)cc2[nH]1. The third-order valence-corrected chi connectivity index (χ3v) is 5.87. The summed E-state index contributed by atoms with van der Waals surface area (Å²) in [5, 5.41) is 6.36. The lowest BCUT2D eigenvalue weighted by Gasteiger charge is -2.24. The molecular weight excluding hydrogens is 410 g/mol. The topological polar surface area (TPSA) is 81.8 Å². The number of aromatic nitrogens is 3. The van der Waals surface area contributed by atoms with Crippen LogP contribution in [0.5, 0.6) is 0 Å². The number of amides is 1. The van der Waals surface area contributed by atoms with E-state index in [2.05, 4.69) is 15.2 Å². The molecule has 10 heteroatoms. The lowest BCUT2D eigenvalue weighted by molar-refractivity contribution is 0.0735. The van der Waals surface area contributed by atoms with Crippen molar-refractivity contribution < 1.29 is 13.6 Å². The number of aromatic amines is 2. The van der Waals surface area contributed by atoms with Crippen molar-refractivity contribution in [2.75, 3.05) is 7.05 Å². The van der Waals surface area contributed by atoms with Crippen molar-refractivity contribution in [2.45, 2.75) is 13.0 Å². The predicted molar refractivity (Wildman–Crippen MR) is 104 cm³/mol. The molecule has 0 aliphatic rings. The molecule has 0 spiro atoms. The Kier molecular flexibility index (Phi) is 4.43. The van der Waals surface area contributed by atoms with Crippen LogP contribution < -0.4 is 5.56 Å². The van der Waals surface area contributed by atoms with E-state index < -0.39 is 23.2 Å². The molecule has 2 N–H and O–H groups in total. The maximum atomic E-state index is 13.8. The van der Waals surface area contributed by atoms with E-state index in [4.69, 9.17) is 11.6 Å². The number of carbonyl (C=O) groups is 1. The van der Waals surface area contributed by atoms with Gasteiger partial charge in [-0.3, -0.25) is 9.59 Å². The third kappa shape index (κ3) is 2.96. The normalized spacial score (nSPS) is 12.6. The van der Waals surface area contributed by atoms with Crippen molar-refractivity contribution in [3.63, 3.8) is 0 Å². The Morgan fingerprint density at radius 3 is 2.57 bits per heavy atom. The zero-order valence-corrected chi connectivity index (χ0v) is 16.2. The van der Waals surface area contributed by atoms with Crippen LogP contribution in [-0.4, -0.2) is 33.0 Å². The van der Waals surface area contributed by atoms with Crippen LogP contribution in [0.25, 0.3) is 21.0 Å². The second kappa shape index (κ2) is 6.68. The predicted octanol–water partition coefficient (Wildman–Crippen LogP) is 4.23. The molecule has 0 radical (unpaired) electrons. The Labute approximate surface area is 165 Å². The number of H-pyrrole nitrogens is 2. The van der Waals surface area contributed by atoms with E-state index in [1.165, 1.54) is 16.2 Å². The van der Waals surface area contributed by atoms with Crippen molar-refractivity contribution in [3.05, 3.63) is 62.0 Å². The largest absolute Gasteiger partial charge is 0.350 e. The lowest BCUT2D eigenvalue weighted by atomic mass is 10.1. The monoisotopic (exact) mass is 422 g/mol. The molecule has 4 aromatic rings. The van der Waals surface area contributed by atoms with E-state index in [1.807, 2.05) is 0 Å². The van der Waals surface area contributed by atoms with Crippen LogP contribution in [0.3, 0.4) is 0 Å². The Balaban J connectivity index is 1.73. The summed E-state index contributed by atoms with van der Waals surface area (Å²) in [6, 6.07) is 4.55. The number of rotatable bonds is 3. The van der Waals surface area contributed by atoms with Crippen LogP contribution in [0.4, 0.5) is 8.78 Å². The second-order valence-corrected chi connectivity index (χ2v) is 8.07. The minimum atomic E-state index is -1.13. The zero-order valence-electron chi connectivity index (χ0n) is 14.6. The molecule has 28 heavy (non-hydrogen) atoms. The number of thiophene rings is 1. The number of nitrogens with one attached hydrogen (secondary N) is 2. The Morgan fingerprint density at radius 1 is 1.21 bits per heavy atom. The highest BCUT2D eigenvalue weighted by Gasteiger charge is 2.25. The molecule has 1 unspecified atom stereocenters. The van der Waals surface area contributed by atoms with Crippen molar-refractivity contribution in [1.82, 2.24) is 20.1 Å². The molecule has 0 aliphatic heterocycles. The van der Waals surface area contributed by atoms with Crippen molar-refractivity contribution in [3.8, 4) is 0 Å². The average molecular weight is 423 g/mol. The van der Waals surface area contributed by atoms with Gasteiger partial charge in [0.25, 0.3) is 11.5 Å². The van der Waals surface area contributed by atoms with Gasteiger partial charge < -0.3 is 9.88 Å². The molecule has 1 atom stereocenters. The van der Waals surface area contributed by atoms with Gasteiger partial charge >= 0.3 is 0 Å². The number of halogens is 3. The molecule has 144 valence electrons. The summed E-state index contributed by atoms with van der Waals surface area (Å²) in [7, 11) is 1.56. The first-order valence-electron chi connectivity index (χ1n) is 8.19. The molecule has 0 aliphatic carbocycles. The maximum absolute atomic E-state index is 13.8. The first-order valence-corrected chi connectivity index (χ1v) is 9.38. The molecule has 0 saturated heterocycles. The smallest absolute Gasteiger partial charge is 0.272 e. The van der Waals surface area contributed by atoms with Crippen molar-refractivity contribution >= 4 is 49.8 Å². The van der Waals surface area contributed by atoms with Crippen molar-refractivity contribution in [1.29, 1.82) is 0 Å². The molecule has 1 aromatic carbocycles. The molecule has 0 bridgehead atoms. The molecule has 3 aromatic heterocycles. The van der Waals surface area contributed by atoms with Gasteiger partial charge in [-0.2, -0.15) is 5.10 Å². The van der Waals surface area contributed by atoms with E-state index in [0.717, 1.165) is 22.3 Å². The van der Waals surface area contributed by atoms with E-state index >= 15 is 0 Å². The molecule has 1 amide bonds. The summed E-state index contributed by atoms with van der Waals surface area (Å²) in [5.74, 6) is -2.54. The number of carbonyl (C=O) groups excluding carboxylic acids is 1. The molecule has 0 saturated carbocycles. The van der Waals surface area contributed by atoms with E-state index in [1.54, 1.807) is 26.1 Å². The summed E-state index contributed by atoms with van der Waals surface area (Å²) in [4.78, 5) is 29.2. The van der Waals surface area contributed by atoms with Crippen LogP contribution in [0, 0.1) is 11.6 Å². The molecule has 3 heterocycles. The standard InChI is InChI=1S/C18H13ClF2N4O2S/c1-7(16-8-3-10(20)11(21)4-9(8)17(26)24-23-16)25(2)18(27)13-5-14-12(22-13)6-15(19)28-14/h3-7,22H,1-2H3,(H,24,26). The van der Waals surface area contributed by atoms with Gasteiger partial charge in [-0.25, -0.2) is 13.9 Å². The van der Waals surface area contributed by atoms with Crippen LogP contribution in [-0.2, 0) is 0 Å². The van der Waals surface area contributed by atoms with Gasteiger partial charge in [0.05, 0.1) is 31.7 Å². The van der Waals surface area contributed by atoms with Gasteiger partial charge in [0.15, 0.2) is 11.6 Å². The second-order valence-electron chi connectivity index (χ2n) is 6.35. The highest BCUT2D eigenvalue weighted by molar-refractivity contribution is 7.22. The third-order valence-electron chi connectivity index (χ3n) is 4.66. The molecule has 4 rings (SSSR count). The molecule has 0 fully saturated rings. The van der Waals surface area contributed by atoms with Gasteiger partial charge in [0, 0.05) is 12.4 Å². The maximum Gasteiger partial charge on any atom is 0.272 e. The van der Waals surface area contributed by atoms with Gasteiger partial charge in [0.2, 0.25) is 0 Å². The number of benzene rings is 1. The van der Waals surface area contributed by atoms with Crippen LogP contribution >= 0.6 is 22.9 Å². The van der Waals surface area contributed by atoms with E-state index in [0.29, 0.717) is 10.0 Å². The van der Waals surface area contributed by atoms with Crippen molar-refractivity contribution in [2.24, 2.45) is 0 Å². The Bertz CT molecular complexity index is 1260. The van der Waals surface area contributed by atoms with Crippen LogP contribution in [0.2, 0.25) is 4.34 Å². The fourth-order valence-electron chi connectivity index (χ4n) is 3.05. The van der Waals surface area contributed by atoms with Gasteiger partial charge in [-0.15, -0.1) is 11.3 Å². The number of hydrogen-bond donors (Lipinski definition) is 2. The van der Waals surface area contributed by atoms with Crippen LogP contribution in [0.15, 0.2) is 29.1 Å². The highest BCUT2D eigenvalue weighted by Crippen LogP contribution is 2.31. The first-order chi connectivity index (χ1) is 13.3. The molecule has 6 nitrogen and oxygen atoms in total. The fraction of sp³-hybridized carbons (Fsp3) is 0.167. The number of fused-ring (bicyclic) bond motifs is 2. The summed E-state index contributed by atoms with van der Waals surface area (Å²) in [5.41, 5.74) is 0.726. The van der Waals surface area contributed by atoms with E-state index in [9.17, 15) is 18.4 Å². The fourth-order valence-corrected chi connectivity index (χ4v) is 4.19. The minimum Gasteiger partial charge on any atom is -0.350 e. The van der Waals surface area contributed by atoms with Gasteiger partial charge in [-0.05, 0) is 31.2 Å². The lowest BCUT2D eigenvalue weighted by Crippen LogP contribution is -2.31. The van der Waals surface area contributed by atoms with Crippen LogP contribution in [0.1, 0.15) is 29.1 Å². The Morgan fingerprint density at radius 2 is 1.89 bits per heavy atom. The highest BCUT2D eigenvalue weighted by atomic mass is 35.5. The van der Waals surface area contributed by atoms with Gasteiger partial charge in [0.1, 0.15) is 5.69 Å². The summed E-state index contributed by atoms with van der Waals surface area (Å²) in [6.45, 7) is 1.68. The number of hydrogen-bond acceptors (Lipinski definition) is 4. The zero-order chi connectivity index (χ0) is 20.2. The quantitative estimate of drug-likeness (QED) is 0.518. The average Bonchev–Trinajstić information content (AvgIpc) is 3.19. The first kappa shape index (κ1) is 18.6. The minimum absolute atomic E-state index is 0.0355. The summed E-state index contributed by atoms with van der Waals surface area (Å²) >= 11 is 7.30.